The van der Waals surface area contributed by atoms with Crippen LogP contribution < -0.4 is 5.32 Å². The summed E-state index contributed by atoms with van der Waals surface area (Å²) in [5.41, 5.74) is 1.40. The molecule has 2 heterocycles. The minimum absolute atomic E-state index is 0.0390. The number of carbonyl (C=O) groups is 2. The third kappa shape index (κ3) is 4.74. The Balaban J connectivity index is 1.94. The van der Waals surface area contributed by atoms with Crippen LogP contribution >= 0.6 is 11.3 Å². The molecule has 1 aromatic carbocycles. The second-order valence-electron chi connectivity index (χ2n) is 7.33. The Morgan fingerprint density at radius 1 is 1.20 bits per heavy atom. The van der Waals surface area contributed by atoms with E-state index in [2.05, 4.69) is 24.1 Å². The highest BCUT2D eigenvalue weighted by Gasteiger charge is 2.44. The fourth-order valence-electron chi connectivity index (χ4n) is 4.07. The summed E-state index contributed by atoms with van der Waals surface area (Å²) in [4.78, 5) is 31.9. The summed E-state index contributed by atoms with van der Waals surface area (Å²) in [5, 5.41) is 5.12. The van der Waals surface area contributed by atoms with Gasteiger partial charge in [-0.1, -0.05) is 38.1 Å². The van der Waals surface area contributed by atoms with Crippen molar-refractivity contribution in [3.05, 3.63) is 57.8 Å². The number of hydrogen-bond donors (Lipinski definition) is 1. The lowest BCUT2D eigenvalue weighted by molar-refractivity contribution is -0.124. The molecule has 0 aliphatic carbocycles. The van der Waals surface area contributed by atoms with Gasteiger partial charge in [0, 0.05) is 37.2 Å². The summed E-state index contributed by atoms with van der Waals surface area (Å²) in [6.45, 7) is 8.40. The molecular formula is C23H31N3O3S. The molecule has 1 aliphatic rings. The lowest BCUT2D eigenvalue weighted by Crippen LogP contribution is -2.48. The van der Waals surface area contributed by atoms with E-state index in [1.165, 1.54) is 0 Å². The van der Waals surface area contributed by atoms with E-state index in [0.29, 0.717) is 25.3 Å². The van der Waals surface area contributed by atoms with Crippen LogP contribution in [-0.2, 0) is 9.53 Å². The van der Waals surface area contributed by atoms with Crippen molar-refractivity contribution >= 4 is 23.2 Å². The number of hydrogen-bond acceptors (Lipinski definition) is 5. The molecule has 6 nitrogen and oxygen atoms in total. The van der Waals surface area contributed by atoms with Gasteiger partial charge in [-0.05, 0) is 36.2 Å². The van der Waals surface area contributed by atoms with Gasteiger partial charge in [-0.25, -0.2) is 0 Å². The third-order valence-electron chi connectivity index (χ3n) is 5.71. The van der Waals surface area contributed by atoms with E-state index in [1.807, 2.05) is 41.8 Å². The summed E-state index contributed by atoms with van der Waals surface area (Å²) in [6, 6.07) is 11.1. The van der Waals surface area contributed by atoms with Crippen LogP contribution in [0.4, 0.5) is 0 Å². The third-order valence-corrected chi connectivity index (χ3v) is 6.66. The van der Waals surface area contributed by atoms with E-state index in [4.69, 9.17) is 4.74 Å². The second kappa shape index (κ2) is 10.7. The molecule has 1 N–H and O–H groups in total. The maximum atomic E-state index is 13.5. The van der Waals surface area contributed by atoms with Crippen molar-refractivity contribution in [1.29, 1.82) is 0 Å². The number of carbonyl (C=O) groups excluding carboxylic acids is 2. The van der Waals surface area contributed by atoms with Gasteiger partial charge >= 0.3 is 0 Å². The van der Waals surface area contributed by atoms with Crippen LogP contribution in [0.5, 0.6) is 0 Å². The van der Waals surface area contributed by atoms with Gasteiger partial charge < -0.3 is 19.9 Å². The number of benzene rings is 1. The lowest BCUT2D eigenvalue weighted by Gasteiger charge is -2.41. The van der Waals surface area contributed by atoms with Crippen molar-refractivity contribution in [1.82, 2.24) is 15.1 Å². The van der Waals surface area contributed by atoms with Gasteiger partial charge in [-0.2, -0.15) is 0 Å². The molecule has 0 fully saturated rings. The maximum Gasteiger partial charge on any atom is 0.254 e. The van der Waals surface area contributed by atoms with Crippen LogP contribution in [0.1, 0.15) is 46.6 Å². The van der Waals surface area contributed by atoms with E-state index in [1.54, 1.807) is 23.3 Å². The van der Waals surface area contributed by atoms with Crippen molar-refractivity contribution in [3.8, 4) is 0 Å². The molecule has 0 saturated heterocycles. The minimum atomic E-state index is -0.453. The first kappa shape index (κ1) is 22.5. The van der Waals surface area contributed by atoms with Gasteiger partial charge in [0.1, 0.15) is 0 Å². The number of nitrogens with zero attached hydrogens (tertiary/aromatic N) is 2. The monoisotopic (exact) mass is 429 g/mol. The smallest absolute Gasteiger partial charge is 0.254 e. The molecule has 2 amide bonds. The molecule has 2 atom stereocenters. The summed E-state index contributed by atoms with van der Waals surface area (Å²) < 4.78 is 5.26. The molecule has 7 heteroatoms. The molecule has 30 heavy (non-hydrogen) atoms. The van der Waals surface area contributed by atoms with Crippen molar-refractivity contribution < 1.29 is 14.3 Å². The molecule has 162 valence electrons. The zero-order valence-corrected chi connectivity index (χ0v) is 18.8. The first-order valence-corrected chi connectivity index (χ1v) is 11.4. The van der Waals surface area contributed by atoms with Crippen LogP contribution in [0.2, 0.25) is 0 Å². The number of nitrogens with one attached hydrogen (secondary N) is 1. The van der Waals surface area contributed by atoms with E-state index >= 15 is 0 Å². The topological polar surface area (TPSA) is 61.9 Å². The van der Waals surface area contributed by atoms with Gasteiger partial charge in [-0.3, -0.25) is 9.59 Å². The molecule has 1 aliphatic heterocycles. The normalized spacial score (nSPS) is 18.5. The molecule has 0 bridgehead atoms. The number of fused-ring (bicyclic) bond motifs is 1. The number of rotatable bonds is 10. The molecular weight excluding hydrogens is 398 g/mol. The highest BCUT2D eigenvalue weighted by molar-refractivity contribution is 7.10. The first-order chi connectivity index (χ1) is 14.6. The largest absolute Gasteiger partial charge is 0.383 e. The average molecular weight is 430 g/mol. The molecule has 0 spiro atoms. The van der Waals surface area contributed by atoms with Crippen LogP contribution in [0.15, 0.2) is 41.8 Å². The van der Waals surface area contributed by atoms with E-state index < -0.39 is 5.92 Å². The molecule has 0 unspecified atom stereocenters. The zero-order valence-electron chi connectivity index (χ0n) is 18.0. The van der Waals surface area contributed by atoms with Crippen LogP contribution in [0, 0.1) is 0 Å². The van der Waals surface area contributed by atoms with Gasteiger partial charge in [-0.15, -0.1) is 11.3 Å². The highest BCUT2D eigenvalue weighted by Crippen LogP contribution is 2.44. The Labute approximate surface area is 182 Å². The van der Waals surface area contributed by atoms with E-state index in [-0.39, 0.29) is 17.9 Å². The molecule has 0 saturated carbocycles. The van der Waals surface area contributed by atoms with Gasteiger partial charge in [0.25, 0.3) is 5.91 Å². The van der Waals surface area contributed by atoms with Crippen LogP contribution in [-0.4, -0.2) is 68.1 Å². The Hall–Kier alpha value is -2.22. The summed E-state index contributed by atoms with van der Waals surface area (Å²) >= 11 is 1.58. The summed E-state index contributed by atoms with van der Waals surface area (Å²) in [6.07, 6.45) is 0. The van der Waals surface area contributed by atoms with Crippen molar-refractivity contribution in [2.24, 2.45) is 0 Å². The Morgan fingerprint density at radius 3 is 2.63 bits per heavy atom. The first-order valence-electron chi connectivity index (χ1n) is 10.5. The van der Waals surface area contributed by atoms with Crippen LogP contribution in [0.25, 0.3) is 0 Å². The SMILES string of the molecule is CCN(CC)CCNC(=O)[C@H]1c2ccccc2C(=O)N(CCOC)[C@@H]1c1cccs1. The number of amides is 2. The predicted octanol–water partition coefficient (Wildman–Crippen LogP) is 3.13. The fraction of sp³-hybridized carbons (Fsp3) is 0.478. The Bertz CT molecular complexity index is 836. The zero-order chi connectivity index (χ0) is 21.5. The van der Waals surface area contributed by atoms with Crippen molar-refractivity contribution in [3.63, 3.8) is 0 Å². The van der Waals surface area contributed by atoms with Gasteiger partial charge in [0.05, 0.1) is 18.6 Å². The van der Waals surface area contributed by atoms with Crippen molar-refractivity contribution in [2.75, 3.05) is 46.4 Å². The van der Waals surface area contributed by atoms with E-state index in [9.17, 15) is 9.59 Å². The number of likely N-dealkylation sites (N-methyl/N-ethyl adjacent to an activating group) is 1. The van der Waals surface area contributed by atoms with Crippen LogP contribution in [0.3, 0.4) is 0 Å². The standard InChI is InChI=1S/C23H31N3O3S/c1-4-25(5-2)13-12-24-22(27)20-17-9-6-7-10-18(17)23(28)26(14-15-29-3)21(20)19-11-8-16-30-19/h6-11,16,20-21H,4-5,12-15H2,1-3H3,(H,24,27)/t20-,21+/m0/s1. The second-order valence-corrected chi connectivity index (χ2v) is 8.31. The molecule has 3 rings (SSSR count). The lowest BCUT2D eigenvalue weighted by atomic mass is 9.81. The highest BCUT2D eigenvalue weighted by atomic mass is 32.1. The molecule has 0 radical (unpaired) electrons. The minimum Gasteiger partial charge on any atom is -0.383 e. The number of methoxy groups -OCH3 is 1. The Kier molecular flexibility index (Phi) is 8.01. The number of thiophene rings is 1. The molecule has 2 aromatic rings. The Morgan fingerprint density at radius 2 is 1.97 bits per heavy atom. The van der Waals surface area contributed by atoms with E-state index in [0.717, 1.165) is 30.1 Å². The quantitative estimate of drug-likeness (QED) is 0.630. The van der Waals surface area contributed by atoms with Gasteiger partial charge in [0.15, 0.2) is 0 Å². The maximum absolute atomic E-state index is 13.5. The van der Waals surface area contributed by atoms with Gasteiger partial charge in [0.2, 0.25) is 5.91 Å². The van der Waals surface area contributed by atoms with Crippen molar-refractivity contribution in [2.45, 2.75) is 25.8 Å². The molecule has 1 aromatic heterocycles. The summed E-state index contributed by atoms with van der Waals surface area (Å²) in [7, 11) is 1.62. The number of ether oxygens (including phenoxy) is 1. The fourth-order valence-corrected chi connectivity index (χ4v) is 4.95. The summed E-state index contributed by atoms with van der Waals surface area (Å²) in [5.74, 6) is -0.540. The average Bonchev–Trinajstić information content (AvgIpc) is 3.30. The predicted molar refractivity (Wildman–Crippen MR) is 120 cm³/mol.